The summed E-state index contributed by atoms with van der Waals surface area (Å²) in [4.78, 5) is 16.3. The van der Waals surface area contributed by atoms with Crippen LogP contribution in [0.5, 0.6) is 5.75 Å². The molecule has 0 spiro atoms. The third-order valence-electron chi connectivity index (χ3n) is 8.03. The van der Waals surface area contributed by atoms with Crippen LogP contribution in [0.15, 0.2) is 52.0 Å². The van der Waals surface area contributed by atoms with E-state index < -0.39 is 11.2 Å². The van der Waals surface area contributed by atoms with Crippen LogP contribution >= 0.6 is 23.5 Å². The lowest BCUT2D eigenvalue weighted by atomic mass is 9.86. The van der Waals surface area contributed by atoms with E-state index >= 15 is 4.39 Å². The minimum Gasteiger partial charge on any atom is -0.497 e. The Morgan fingerprint density at radius 3 is 2.61 bits per heavy atom. The zero-order chi connectivity index (χ0) is 29.7. The SMILES string of the molecule is C=C(CCCC)N(Cc1cc(F)c(-c2cc(OC)ccc2SNc2noc(C)c2C)cc1Cl)C(=O)C1(C)CCCC1. The lowest BCUT2D eigenvalue weighted by molar-refractivity contribution is -0.139. The summed E-state index contributed by atoms with van der Waals surface area (Å²) in [5.74, 6) is 1.53. The van der Waals surface area contributed by atoms with Crippen molar-refractivity contribution in [3.63, 3.8) is 0 Å². The summed E-state index contributed by atoms with van der Waals surface area (Å²) < 4.78 is 29.8. The van der Waals surface area contributed by atoms with Gasteiger partial charge in [-0.3, -0.25) is 4.79 Å². The molecule has 0 saturated heterocycles. The van der Waals surface area contributed by atoms with Gasteiger partial charge in [-0.25, -0.2) is 4.39 Å². The van der Waals surface area contributed by atoms with E-state index in [2.05, 4.69) is 23.4 Å². The minimum absolute atomic E-state index is 0.0487. The fourth-order valence-electron chi connectivity index (χ4n) is 5.18. The number of unbranched alkanes of at least 4 members (excludes halogenated alkanes) is 1. The second-order valence-electron chi connectivity index (χ2n) is 11.0. The van der Waals surface area contributed by atoms with Gasteiger partial charge in [0, 0.05) is 37.7 Å². The number of nitrogens with one attached hydrogen (secondary N) is 1. The molecule has 1 N–H and O–H groups in total. The number of benzene rings is 2. The number of hydrogen-bond acceptors (Lipinski definition) is 6. The summed E-state index contributed by atoms with van der Waals surface area (Å²) in [6.07, 6.45) is 6.40. The largest absolute Gasteiger partial charge is 0.497 e. The molecule has 1 aliphatic carbocycles. The molecular formula is C32H39ClFN3O3S. The summed E-state index contributed by atoms with van der Waals surface area (Å²) in [6, 6.07) is 8.52. The second-order valence-corrected chi connectivity index (χ2v) is 12.3. The Bertz CT molecular complexity index is 1420. The normalized spacial score (nSPS) is 14.2. The molecule has 2 aromatic carbocycles. The zero-order valence-electron chi connectivity index (χ0n) is 24.5. The van der Waals surface area contributed by atoms with Crippen molar-refractivity contribution in [2.24, 2.45) is 5.41 Å². The number of carbonyl (C=O) groups excluding carboxylic acids is 1. The predicted molar refractivity (Wildman–Crippen MR) is 165 cm³/mol. The Hall–Kier alpha value is -2.97. The molecule has 1 saturated carbocycles. The van der Waals surface area contributed by atoms with Gasteiger partial charge in [0.15, 0.2) is 5.82 Å². The summed E-state index contributed by atoms with van der Waals surface area (Å²) in [7, 11) is 1.57. The Morgan fingerprint density at radius 1 is 1.24 bits per heavy atom. The first-order valence-electron chi connectivity index (χ1n) is 14.1. The van der Waals surface area contributed by atoms with Gasteiger partial charge in [0.1, 0.15) is 17.3 Å². The fourth-order valence-corrected chi connectivity index (χ4v) is 6.21. The van der Waals surface area contributed by atoms with Crippen molar-refractivity contribution in [1.82, 2.24) is 10.1 Å². The minimum atomic E-state index is -0.438. The van der Waals surface area contributed by atoms with Crippen LogP contribution in [0, 0.1) is 25.1 Å². The standard InChI is InChI=1S/C32H39ClFN3O3S/c1-7-8-11-20(2)37(31(38)32(5)14-9-10-15-32)19-23-16-28(34)25(18-27(23)33)26-17-24(39-6)12-13-29(26)41-36-30-21(3)22(4)40-35-30/h12-13,16-18H,2,7-11,14-15,19H2,1,3-6H3,(H,35,36). The molecule has 1 fully saturated rings. The van der Waals surface area contributed by atoms with Crippen LogP contribution in [0.2, 0.25) is 5.02 Å². The molecule has 41 heavy (non-hydrogen) atoms. The first-order valence-corrected chi connectivity index (χ1v) is 15.3. The van der Waals surface area contributed by atoms with Gasteiger partial charge < -0.3 is 18.9 Å². The van der Waals surface area contributed by atoms with Crippen molar-refractivity contribution in [2.45, 2.75) is 84.1 Å². The Labute approximate surface area is 251 Å². The average Bonchev–Trinajstić information content (AvgIpc) is 3.55. The molecular weight excluding hydrogens is 561 g/mol. The smallest absolute Gasteiger partial charge is 0.232 e. The van der Waals surface area contributed by atoms with Crippen LogP contribution in [-0.4, -0.2) is 23.1 Å². The Balaban J connectivity index is 1.66. The van der Waals surface area contributed by atoms with E-state index in [4.69, 9.17) is 20.9 Å². The molecule has 3 aromatic rings. The quantitative estimate of drug-likeness (QED) is 0.209. The van der Waals surface area contributed by atoms with E-state index in [-0.39, 0.29) is 12.5 Å². The number of aromatic nitrogens is 1. The van der Waals surface area contributed by atoms with Crippen molar-refractivity contribution in [3.8, 4) is 16.9 Å². The van der Waals surface area contributed by atoms with Crippen molar-refractivity contribution < 1.29 is 18.4 Å². The van der Waals surface area contributed by atoms with Gasteiger partial charge >= 0.3 is 0 Å². The molecule has 1 amide bonds. The van der Waals surface area contributed by atoms with Crippen LogP contribution in [0.3, 0.4) is 0 Å². The molecule has 1 heterocycles. The summed E-state index contributed by atoms with van der Waals surface area (Å²) in [5.41, 5.74) is 2.72. The molecule has 4 rings (SSSR count). The predicted octanol–water partition coefficient (Wildman–Crippen LogP) is 9.49. The third-order valence-corrected chi connectivity index (χ3v) is 9.25. The highest BCUT2D eigenvalue weighted by Gasteiger charge is 2.40. The summed E-state index contributed by atoms with van der Waals surface area (Å²) >= 11 is 8.11. The molecule has 0 bridgehead atoms. The average molecular weight is 600 g/mol. The van der Waals surface area contributed by atoms with Gasteiger partial charge in [0.25, 0.3) is 0 Å². The first kappa shape index (κ1) is 31.0. The highest BCUT2D eigenvalue weighted by atomic mass is 35.5. The monoisotopic (exact) mass is 599 g/mol. The van der Waals surface area contributed by atoms with E-state index in [0.29, 0.717) is 39.7 Å². The molecule has 220 valence electrons. The molecule has 0 aliphatic heterocycles. The highest BCUT2D eigenvalue weighted by molar-refractivity contribution is 8.00. The van der Waals surface area contributed by atoms with Gasteiger partial charge in [-0.05, 0) is 87.4 Å². The van der Waals surface area contributed by atoms with Crippen molar-refractivity contribution in [1.29, 1.82) is 0 Å². The maximum absolute atomic E-state index is 15.9. The van der Waals surface area contributed by atoms with Crippen LogP contribution in [0.4, 0.5) is 10.2 Å². The Kier molecular flexibility index (Phi) is 10.1. The van der Waals surface area contributed by atoms with Crippen LogP contribution in [-0.2, 0) is 11.3 Å². The number of amides is 1. The topological polar surface area (TPSA) is 67.6 Å². The van der Waals surface area contributed by atoms with Gasteiger partial charge in [-0.15, -0.1) is 0 Å². The number of halogens is 2. The number of carbonyl (C=O) groups is 1. The third kappa shape index (κ3) is 6.92. The van der Waals surface area contributed by atoms with Crippen LogP contribution < -0.4 is 9.46 Å². The first-order chi connectivity index (χ1) is 19.6. The van der Waals surface area contributed by atoms with Crippen molar-refractivity contribution >= 4 is 35.3 Å². The summed E-state index contributed by atoms with van der Waals surface area (Å²) in [6.45, 7) is 12.3. The van der Waals surface area contributed by atoms with Crippen LogP contribution in [0.1, 0.15) is 75.7 Å². The molecule has 9 heteroatoms. The van der Waals surface area contributed by atoms with Gasteiger partial charge in [0.2, 0.25) is 5.91 Å². The maximum atomic E-state index is 15.9. The lowest BCUT2D eigenvalue weighted by Gasteiger charge is -2.33. The van der Waals surface area contributed by atoms with Crippen LogP contribution in [0.25, 0.3) is 11.1 Å². The zero-order valence-corrected chi connectivity index (χ0v) is 26.1. The molecule has 0 radical (unpaired) electrons. The van der Waals surface area contributed by atoms with Gasteiger partial charge in [-0.1, -0.05) is 56.4 Å². The number of rotatable bonds is 12. The van der Waals surface area contributed by atoms with Crippen molar-refractivity contribution in [2.75, 3.05) is 11.8 Å². The van der Waals surface area contributed by atoms with Gasteiger partial charge in [0.05, 0.1) is 13.7 Å². The number of aryl methyl sites for hydroxylation is 1. The lowest BCUT2D eigenvalue weighted by Crippen LogP contribution is -2.40. The Morgan fingerprint density at radius 2 is 1.98 bits per heavy atom. The van der Waals surface area contributed by atoms with E-state index in [1.807, 2.05) is 32.9 Å². The second kappa shape index (κ2) is 13.3. The molecule has 1 aliphatic rings. The van der Waals surface area contributed by atoms with E-state index in [1.54, 1.807) is 24.1 Å². The number of nitrogens with zero attached hydrogens (tertiary/aromatic N) is 2. The summed E-state index contributed by atoms with van der Waals surface area (Å²) in [5, 5.41) is 4.43. The van der Waals surface area contributed by atoms with E-state index in [0.717, 1.165) is 60.4 Å². The van der Waals surface area contributed by atoms with E-state index in [9.17, 15) is 4.79 Å². The van der Waals surface area contributed by atoms with Gasteiger partial charge in [-0.2, -0.15) is 0 Å². The van der Waals surface area contributed by atoms with E-state index in [1.165, 1.54) is 18.0 Å². The molecule has 1 aromatic heterocycles. The molecule has 0 atom stereocenters. The number of ether oxygens (including phenoxy) is 1. The molecule has 6 nitrogen and oxygen atoms in total. The number of hydrogen-bond donors (Lipinski definition) is 1. The number of anilines is 1. The number of allylic oxidation sites excluding steroid dienone is 1. The number of methoxy groups -OCH3 is 1. The van der Waals surface area contributed by atoms with Crippen molar-refractivity contribution in [3.05, 3.63) is 70.3 Å². The fraction of sp³-hybridized carbons (Fsp3) is 0.438. The maximum Gasteiger partial charge on any atom is 0.232 e. The highest BCUT2D eigenvalue weighted by Crippen LogP contribution is 2.42. The molecule has 0 unspecified atom stereocenters.